The summed E-state index contributed by atoms with van der Waals surface area (Å²) in [5, 5.41) is 0.479. The van der Waals surface area contributed by atoms with Crippen molar-refractivity contribution in [3.63, 3.8) is 0 Å². The van der Waals surface area contributed by atoms with Crippen LogP contribution in [-0.4, -0.2) is 18.7 Å². The third kappa shape index (κ3) is 7.25. The fourth-order valence-corrected chi connectivity index (χ4v) is 5.22. The van der Waals surface area contributed by atoms with Crippen molar-refractivity contribution in [2.75, 3.05) is 13.2 Å². The van der Waals surface area contributed by atoms with Gasteiger partial charge < -0.3 is 14.0 Å². The van der Waals surface area contributed by atoms with E-state index in [1.165, 1.54) is 0 Å². The van der Waals surface area contributed by atoms with E-state index in [4.69, 9.17) is 9.47 Å². The van der Waals surface area contributed by atoms with Crippen molar-refractivity contribution in [2.24, 2.45) is 0 Å². The lowest BCUT2D eigenvalue weighted by molar-refractivity contribution is 0.107. The number of benzene rings is 2. The summed E-state index contributed by atoms with van der Waals surface area (Å²) in [7, 11) is -2.74. The van der Waals surface area contributed by atoms with E-state index in [1.54, 1.807) is 18.2 Å². The lowest BCUT2D eigenvalue weighted by Gasteiger charge is -2.15. The highest BCUT2D eigenvalue weighted by Crippen LogP contribution is 2.35. The Hall–Kier alpha value is -2.06. The lowest BCUT2D eigenvalue weighted by Crippen LogP contribution is -2.12. The van der Waals surface area contributed by atoms with Gasteiger partial charge in [-0.25, -0.2) is 0 Å². The van der Waals surface area contributed by atoms with Gasteiger partial charge in [0, 0.05) is 11.6 Å². The van der Waals surface area contributed by atoms with Crippen LogP contribution in [-0.2, 0) is 4.57 Å². The first kappa shape index (κ1) is 25.2. The minimum atomic E-state index is -2.74. The molecule has 0 saturated heterocycles. The first-order valence-electron chi connectivity index (χ1n) is 11.5. The van der Waals surface area contributed by atoms with E-state index in [9.17, 15) is 9.36 Å². The monoisotopic (exact) mass is 444 g/mol. The Balaban J connectivity index is 2.29. The molecule has 0 aliphatic carbocycles. The fourth-order valence-electron chi connectivity index (χ4n) is 3.75. The van der Waals surface area contributed by atoms with Crippen LogP contribution in [0.3, 0.4) is 0 Å². The van der Waals surface area contributed by atoms with Gasteiger partial charge in [-0.15, -0.1) is 0 Å². The molecule has 2 aromatic rings. The Morgan fingerprint density at radius 3 is 2.00 bits per heavy atom. The topological polar surface area (TPSA) is 52.6 Å². The molecule has 0 aliphatic rings. The summed E-state index contributed by atoms with van der Waals surface area (Å²) in [5.74, 6) is 1.19. The number of rotatable bonds is 13. The van der Waals surface area contributed by atoms with E-state index < -0.39 is 7.80 Å². The molecule has 1 unspecified atom stereocenters. The van der Waals surface area contributed by atoms with Crippen LogP contribution >= 0.6 is 7.80 Å². The maximum absolute atomic E-state index is 13.4. The largest absolute Gasteiger partial charge is 0.493 e. The fraction of sp³-hybridized carbons (Fsp3) is 0.500. The highest BCUT2D eigenvalue weighted by Gasteiger charge is 2.23. The molecular formula is C26H37O4P. The van der Waals surface area contributed by atoms with Gasteiger partial charge in [0.1, 0.15) is 11.5 Å². The molecule has 5 heteroatoms. The van der Waals surface area contributed by atoms with Crippen LogP contribution in [0.5, 0.6) is 11.5 Å². The summed E-state index contributed by atoms with van der Waals surface area (Å²) in [6.45, 7) is 11.3. The molecule has 0 fully saturated rings. The molecule has 0 amide bonds. The normalized spacial score (nSPS) is 11.9. The number of hydrogen-bond acceptors (Lipinski definition) is 4. The van der Waals surface area contributed by atoms with Crippen LogP contribution in [0, 0.1) is 20.8 Å². The van der Waals surface area contributed by atoms with Gasteiger partial charge in [-0.3, -0.25) is 4.79 Å². The van der Waals surface area contributed by atoms with Gasteiger partial charge in [-0.1, -0.05) is 57.2 Å². The summed E-state index contributed by atoms with van der Waals surface area (Å²) in [6, 6.07) is 9.25. The SMILES string of the molecule is CCCCCOc1ccc([PH](=O)C(=O)c2c(C)cc(C)cc2C)c(OCCCCC)c1. The van der Waals surface area contributed by atoms with Gasteiger partial charge in [0.15, 0.2) is 7.80 Å². The Morgan fingerprint density at radius 2 is 1.42 bits per heavy atom. The smallest absolute Gasteiger partial charge is 0.223 e. The molecule has 2 rings (SSSR count). The van der Waals surface area contributed by atoms with Crippen molar-refractivity contribution in [2.45, 2.75) is 73.1 Å². The molecule has 2 aromatic carbocycles. The summed E-state index contributed by atoms with van der Waals surface area (Å²) in [5.41, 5.74) is 3.07. The van der Waals surface area contributed by atoms with Gasteiger partial charge in [0.25, 0.3) is 0 Å². The highest BCUT2D eigenvalue weighted by molar-refractivity contribution is 7.71. The van der Waals surface area contributed by atoms with Crippen LogP contribution in [0.4, 0.5) is 0 Å². The van der Waals surface area contributed by atoms with Gasteiger partial charge in [0.2, 0.25) is 5.52 Å². The summed E-state index contributed by atoms with van der Waals surface area (Å²) in [4.78, 5) is 13.2. The zero-order valence-electron chi connectivity index (χ0n) is 19.7. The van der Waals surface area contributed by atoms with Gasteiger partial charge in [-0.05, 0) is 56.9 Å². The number of carbonyl (C=O) groups excluding carboxylic acids is 1. The molecule has 0 heterocycles. The molecule has 0 spiro atoms. The first-order chi connectivity index (χ1) is 14.9. The third-order valence-electron chi connectivity index (χ3n) is 5.33. The average Bonchev–Trinajstić information content (AvgIpc) is 2.73. The molecule has 0 N–H and O–H groups in total. The van der Waals surface area contributed by atoms with E-state index in [1.807, 2.05) is 32.9 Å². The molecule has 0 aromatic heterocycles. The molecule has 0 bridgehead atoms. The van der Waals surface area contributed by atoms with Crippen LogP contribution in [0.1, 0.15) is 79.4 Å². The third-order valence-corrected chi connectivity index (χ3v) is 6.89. The van der Waals surface area contributed by atoms with Crippen molar-refractivity contribution in [3.05, 3.63) is 52.6 Å². The van der Waals surface area contributed by atoms with Crippen molar-refractivity contribution in [1.82, 2.24) is 0 Å². The predicted molar refractivity (Wildman–Crippen MR) is 130 cm³/mol. The van der Waals surface area contributed by atoms with E-state index in [0.717, 1.165) is 55.2 Å². The van der Waals surface area contributed by atoms with Crippen molar-refractivity contribution in [1.29, 1.82) is 0 Å². The van der Waals surface area contributed by atoms with E-state index in [-0.39, 0.29) is 5.52 Å². The van der Waals surface area contributed by atoms with E-state index in [2.05, 4.69) is 13.8 Å². The summed E-state index contributed by atoms with van der Waals surface area (Å²) >= 11 is 0. The standard InChI is InChI=1S/C26H37O4P/c1-6-8-10-14-29-22-12-13-24(23(18-22)30-15-11-9-7-2)31(28)26(27)25-20(4)16-19(3)17-21(25)5/h12-13,16-18,31H,6-11,14-15H2,1-5H3. The van der Waals surface area contributed by atoms with Gasteiger partial charge in [-0.2, -0.15) is 0 Å². The Bertz CT molecular complexity index is 881. The number of aryl methyl sites for hydroxylation is 3. The average molecular weight is 445 g/mol. The highest BCUT2D eigenvalue weighted by atomic mass is 31.1. The zero-order chi connectivity index (χ0) is 22.8. The minimum Gasteiger partial charge on any atom is -0.493 e. The lowest BCUT2D eigenvalue weighted by atomic mass is 10.0. The van der Waals surface area contributed by atoms with Gasteiger partial charge >= 0.3 is 0 Å². The quantitative estimate of drug-likeness (QED) is 0.253. The molecule has 0 saturated carbocycles. The molecule has 4 nitrogen and oxygen atoms in total. The number of unbranched alkanes of at least 4 members (excludes halogenated alkanes) is 4. The Labute approximate surface area is 188 Å². The maximum atomic E-state index is 13.4. The Morgan fingerprint density at radius 1 is 0.839 bits per heavy atom. The van der Waals surface area contributed by atoms with Crippen LogP contribution < -0.4 is 14.8 Å². The van der Waals surface area contributed by atoms with Crippen LogP contribution in [0.25, 0.3) is 0 Å². The predicted octanol–water partition coefficient (Wildman–Crippen LogP) is 6.78. The first-order valence-corrected chi connectivity index (χ1v) is 12.9. The van der Waals surface area contributed by atoms with Crippen LogP contribution in [0.2, 0.25) is 0 Å². The molecule has 0 radical (unpaired) electrons. The maximum Gasteiger partial charge on any atom is 0.223 e. The second-order valence-electron chi connectivity index (χ2n) is 8.20. The summed E-state index contributed by atoms with van der Waals surface area (Å²) in [6.07, 6.45) is 6.33. The van der Waals surface area contributed by atoms with Crippen molar-refractivity contribution < 1.29 is 18.8 Å². The molecule has 1 atom stereocenters. The minimum absolute atomic E-state index is 0.310. The zero-order valence-corrected chi connectivity index (χ0v) is 20.7. The van der Waals surface area contributed by atoms with Gasteiger partial charge in [0.05, 0.1) is 18.5 Å². The van der Waals surface area contributed by atoms with Crippen molar-refractivity contribution in [3.8, 4) is 11.5 Å². The number of hydrogen-bond donors (Lipinski definition) is 0. The molecule has 170 valence electrons. The van der Waals surface area contributed by atoms with Crippen LogP contribution in [0.15, 0.2) is 30.3 Å². The van der Waals surface area contributed by atoms with Crippen molar-refractivity contribution >= 4 is 18.6 Å². The second kappa shape index (κ2) is 12.7. The molecule has 31 heavy (non-hydrogen) atoms. The second-order valence-corrected chi connectivity index (χ2v) is 9.85. The molecule has 0 aliphatic heterocycles. The Kier molecular flexibility index (Phi) is 10.3. The summed E-state index contributed by atoms with van der Waals surface area (Å²) < 4.78 is 25.2. The number of ether oxygens (including phenoxy) is 2. The molecular weight excluding hydrogens is 407 g/mol. The van der Waals surface area contributed by atoms with E-state index in [0.29, 0.717) is 35.6 Å². The van der Waals surface area contributed by atoms with E-state index >= 15 is 0 Å². The number of carbonyl (C=O) groups is 1.